The van der Waals surface area contributed by atoms with E-state index in [-0.39, 0.29) is 5.69 Å². The molecule has 0 saturated heterocycles. The monoisotopic (exact) mass is 335 g/mol. The molecule has 0 aliphatic carbocycles. The number of ether oxygens (including phenoxy) is 1. The molecule has 0 atom stereocenters. The summed E-state index contributed by atoms with van der Waals surface area (Å²) in [7, 11) is 1.58. The molecule has 108 valence electrons. The van der Waals surface area contributed by atoms with Gasteiger partial charge in [-0.05, 0) is 23.6 Å². The van der Waals surface area contributed by atoms with Gasteiger partial charge in [-0.3, -0.25) is 0 Å². The van der Waals surface area contributed by atoms with Crippen LogP contribution in [0.2, 0.25) is 0 Å². The number of hydrogen-bond donors (Lipinski definition) is 0. The molecule has 0 aromatic heterocycles. The van der Waals surface area contributed by atoms with Gasteiger partial charge >= 0.3 is 0 Å². The van der Waals surface area contributed by atoms with Crippen LogP contribution in [0, 0.1) is 17.6 Å². The zero-order chi connectivity index (χ0) is 14.4. The van der Waals surface area contributed by atoms with Crippen molar-refractivity contribution in [1.29, 1.82) is 0 Å². The number of rotatable bonds is 7. The van der Waals surface area contributed by atoms with Crippen molar-refractivity contribution in [2.75, 3.05) is 31.7 Å². The highest BCUT2D eigenvalue weighted by atomic mass is 79.9. The van der Waals surface area contributed by atoms with E-state index in [1.807, 2.05) is 13.8 Å². The van der Waals surface area contributed by atoms with Crippen molar-refractivity contribution in [1.82, 2.24) is 0 Å². The minimum Gasteiger partial charge on any atom is -0.383 e. The van der Waals surface area contributed by atoms with Gasteiger partial charge < -0.3 is 9.64 Å². The molecule has 2 nitrogen and oxygen atoms in total. The molecule has 0 radical (unpaired) electrons. The lowest BCUT2D eigenvalue weighted by Crippen LogP contribution is -2.32. The normalized spacial score (nSPS) is 11.1. The standard InChI is InChI=1S/C14H20BrF2NO/c1-10(2)9-18(4-5-19-3)14-12(16)6-11(8-15)7-13(14)17/h6-7,10H,4-5,8-9H2,1-3H3. The molecular weight excluding hydrogens is 316 g/mol. The summed E-state index contributed by atoms with van der Waals surface area (Å²) >= 11 is 3.20. The molecule has 1 rings (SSSR count). The fourth-order valence-corrected chi connectivity index (χ4v) is 2.26. The molecule has 1 aromatic carbocycles. The van der Waals surface area contributed by atoms with Gasteiger partial charge in [0.1, 0.15) is 17.3 Å². The van der Waals surface area contributed by atoms with Gasteiger partial charge in [-0.25, -0.2) is 8.78 Å². The maximum Gasteiger partial charge on any atom is 0.149 e. The van der Waals surface area contributed by atoms with Gasteiger partial charge in [-0.15, -0.1) is 0 Å². The highest BCUT2D eigenvalue weighted by Gasteiger charge is 2.18. The number of nitrogens with zero attached hydrogens (tertiary/aromatic N) is 1. The van der Waals surface area contributed by atoms with Crippen LogP contribution in [0.5, 0.6) is 0 Å². The molecule has 0 spiro atoms. The van der Waals surface area contributed by atoms with E-state index in [0.717, 1.165) is 0 Å². The second kappa shape index (κ2) is 7.80. The van der Waals surface area contributed by atoms with Crippen molar-refractivity contribution < 1.29 is 13.5 Å². The first-order valence-corrected chi connectivity index (χ1v) is 7.39. The highest BCUT2D eigenvalue weighted by Crippen LogP contribution is 2.26. The number of hydrogen-bond acceptors (Lipinski definition) is 2. The Morgan fingerprint density at radius 1 is 1.26 bits per heavy atom. The van der Waals surface area contributed by atoms with E-state index in [1.54, 1.807) is 12.0 Å². The summed E-state index contributed by atoms with van der Waals surface area (Å²) in [6.07, 6.45) is 0. The molecule has 1 aromatic rings. The summed E-state index contributed by atoms with van der Waals surface area (Å²) in [6.45, 7) is 5.53. The van der Waals surface area contributed by atoms with Crippen LogP contribution in [0.4, 0.5) is 14.5 Å². The molecule has 0 bridgehead atoms. The quantitative estimate of drug-likeness (QED) is 0.699. The molecule has 19 heavy (non-hydrogen) atoms. The summed E-state index contributed by atoms with van der Waals surface area (Å²) in [6, 6.07) is 2.74. The van der Waals surface area contributed by atoms with Gasteiger partial charge in [0, 0.05) is 25.5 Å². The van der Waals surface area contributed by atoms with Crippen LogP contribution in [-0.2, 0) is 10.1 Å². The highest BCUT2D eigenvalue weighted by molar-refractivity contribution is 9.08. The van der Waals surface area contributed by atoms with E-state index in [2.05, 4.69) is 15.9 Å². The van der Waals surface area contributed by atoms with Crippen LogP contribution in [-0.4, -0.2) is 26.8 Å². The van der Waals surface area contributed by atoms with Crippen LogP contribution in [0.3, 0.4) is 0 Å². The number of methoxy groups -OCH3 is 1. The van der Waals surface area contributed by atoms with E-state index >= 15 is 0 Å². The lowest BCUT2D eigenvalue weighted by atomic mass is 10.1. The molecule has 0 N–H and O–H groups in total. The van der Waals surface area contributed by atoms with Crippen LogP contribution in [0.15, 0.2) is 12.1 Å². The van der Waals surface area contributed by atoms with E-state index < -0.39 is 11.6 Å². The van der Waals surface area contributed by atoms with E-state index in [0.29, 0.717) is 36.5 Å². The van der Waals surface area contributed by atoms with E-state index in [1.165, 1.54) is 12.1 Å². The first kappa shape index (κ1) is 16.4. The van der Waals surface area contributed by atoms with Crippen molar-refractivity contribution in [3.63, 3.8) is 0 Å². The van der Waals surface area contributed by atoms with Crippen LogP contribution < -0.4 is 4.90 Å². The van der Waals surface area contributed by atoms with E-state index in [4.69, 9.17) is 4.74 Å². The Morgan fingerprint density at radius 3 is 2.26 bits per heavy atom. The Morgan fingerprint density at radius 2 is 1.84 bits per heavy atom. The number of anilines is 1. The van der Waals surface area contributed by atoms with Gasteiger partial charge in [0.05, 0.1) is 6.61 Å². The Hall–Kier alpha value is -0.680. The summed E-state index contributed by atoms with van der Waals surface area (Å²) < 4.78 is 33.2. The summed E-state index contributed by atoms with van der Waals surface area (Å²) in [5.41, 5.74) is 0.630. The first-order chi connectivity index (χ1) is 8.99. The van der Waals surface area contributed by atoms with Crippen LogP contribution in [0.1, 0.15) is 19.4 Å². The third kappa shape index (κ3) is 4.73. The SMILES string of the molecule is COCCN(CC(C)C)c1c(F)cc(CBr)cc1F. The number of benzene rings is 1. The molecule has 0 unspecified atom stereocenters. The van der Waals surface area contributed by atoms with Crippen LogP contribution in [0.25, 0.3) is 0 Å². The molecule has 0 heterocycles. The predicted octanol–water partition coefficient (Wildman–Crippen LogP) is 3.97. The van der Waals surface area contributed by atoms with Crippen molar-refractivity contribution in [3.8, 4) is 0 Å². The fraction of sp³-hybridized carbons (Fsp3) is 0.571. The molecule has 0 aliphatic rings. The maximum absolute atomic E-state index is 14.1. The molecular formula is C14H20BrF2NO. The average Bonchev–Trinajstić information content (AvgIpc) is 2.33. The fourth-order valence-electron chi connectivity index (χ4n) is 1.93. The second-order valence-electron chi connectivity index (χ2n) is 4.87. The minimum atomic E-state index is -0.522. The predicted molar refractivity (Wildman–Crippen MR) is 77.9 cm³/mol. The van der Waals surface area contributed by atoms with Crippen molar-refractivity contribution in [2.24, 2.45) is 5.92 Å². The van der Waals surface area contributed by atoms with Crippen LogP contribution >= 0.6 is 15.9 Å². The largest absolute Gasteiger partial charge is 0.383 e. The molecule has 0 amide bonds. The minimum absolute atomic E-state index is 0.0375. The third-order valence-electron chi connectivity index (χ3n) is 2.70. The summed E-state index contributed by atoms with van der Waals surface area (Å²) in [4.78, 5) is 1.71. The zero-order valence-corrected chi connectivity index (χ0v) is 13.1. The average molecular weight is 336 g/mol. The second-order valence-corrected chi connectivity index (χ2v) is 5.44. The van der Waals surface area contributed by atoms with Crippen molar-refractivity contribution in [2.45, 2.75) is 19.2 Å². The Bertz CT molecular complexity index is 389. The lowest BCUT2D eigenvalue weighted by molar-refractivity contribution is 0.204. The first-order valence-electron chi connectivity index (χ1n) is 6.27. The number of alkyl halides is 1. The maximum atomic E-state index is 14.1. The summed E-state index contributed by atoms with van der Waals surface area (Å²) in [5, 5.41) is 0.434. The van der Waals surface area contributed by atoms with E-state index in [9.17, 15) is 8.78 Å². The molecule has 0 aliphatic heterocycles. The van der Waals surface area contributed by atoms with Crippen molar-refractivity contribution in [3.05, 3.63) is 29.3 Å². The topological polar surface area (TPSA) is 12.5 Å². The van der Waals surface area contributed by atoms with Gasteiger partial charge in [0.15, 0.2) is 0 Å². The van der Waals surface area contributed by atoms with Gasteiger partial charge in [0.25, 0.3) is 0 Å². The molecule has 0 saturated carbocycles. The smallest absolute Gasteiger partial charge is 0.149 e. The zero-order valence-electron chi connectivity index (χ0n) is 11.5. The molecule has 0 fully saturated rings. The Kier molecular flexibility index (Phi) is 6.72. The third-order valence-corrected chi connectivity index (χ3v) is 3.35. The Labute approximate surface area is 121 Å². The van der Waals surface area contributed by atoms with Gasteiger partial charge in [-0.1, -0.05) is 29.8 Å². The summed E-state index contributed by atoms with van der Waals surface area (Å²) in [5.74, 6) is -0.732. The Balaban J connectivity index is 3.06. The lowest BCUT2D eigenvalue weighted by Gasteiger charge is -2.27. The van der Waals surface area contributed by atoms with Crippen molar-refractivity contribution >= 4 is 21.6 Å². The van der Waals surface area contributed by atoms with Gasteiger partial charge in [-0.2, -0.15) is 0 Å². The number of halogens is 3. The molecule has 5 heteroatoms. The van der Waals surface area contributed by atoms with Gasteiger partial charge in [0.2, 0.25) is 0 Å².